The number of hydrogen-bond donors (Lipinski definition) is 0. The van der Waals surface area contributed by atoms with Gasteiger partial charge in [0.25, 0.3) is 0 Å². The van der Waals surface area contributed by atoms with Crippen LogP contribution in [0.4, 0.5) is 0 Å². The van der Waals surface area contributed by atoms with Crippen molar-refractivity contribution >= 4 is 17.7 Å². The summed E-state index contributed by atoms with van der Waals surface area (Å²) in [5.41, 5.74) is 0. The quantitative estimate of drug-likeness (QED) is 0.695. The number of carbonyl (C=O) groups excluding carboxylic acids is 3. The van der Waals surface area contributed by atoms with Gasteiger partial charge in [-0.2, -0.15) is 0 Å². The SMILES string of the molecule is O=C(CN1C(=O)C2C3CCC(C3)C2C1=O)N1CCCC1. The van der Waals surface area contributed by atoms with Gasteiger partial charge >= 0.3 is 0 Å². The van der Waals surface area contributed by atoms with E-state index in [1.807, 2.05) is 0 Å². The van der Waals surface area contributed by atoms with Crippen LogP contribution in [0.2, 0.25) is 0 Å². The Labute approximate surface area is 118 Å². The molecule has 0 N–H and O–H groups in total. The van der Waals surface area contributed by atoms with Crippen molar-refractivity contribution in [3.63, 3.8) is 0 Å². The Hall–Kier alpha value is -1.39. The van der Waals surface area contributed by atoms with Gasteiger partial charge in [-0.05, 0) is 43.9 Å². The molecule has 108 valence electrons. The lowest BCUT2D eigenvalue weighted by Crippen LogP contribution is -2.42. The van der Waals surface area contributed by atoms with Crippen LogP contribution in [-0.4, -0.2) is 47.2 Å². The van der Waals surface area contributed by atoms with Crippen LogP contribution in [-0.2, 0) is 14.4 Å². The first-order valence-electron chi connectivity index (χ1n) is 7.80. The topological polar surface area (TPSA) is 57.7 Å². The summed E-state index contributed by atoms with van der Waals surface area (Å²) in [4.78, 5) is 40.2. The van der Waals surface area contributed by atoms with E-state index in [4.69, 9.17) is 0 Å². The molecule has 0 aromatic carbocycles. The van der Waals surface area contributed by atoms with Gasteiger partial charge in [-0.15, -0.1) is 0 Å². The van der Waals surface area contributed by atoms with Crippen LogP contribution >= 0.6 is 0 Å². The molecule has 20 heavy (non-hydrogen) atoms. The second-order valence-corrected chi connectivity index (χ2v) is 6.74. The van der Waals surface area contributed by atoms with E-state index in [1.165, 1.54) is 4.90 Å². The van der Waals surface area contributed by atoms with Crippen LogP contribution in [0, 0.1) is 23.7 Å². The molecule has 2 heterocycles. The van der Waals surface area contributed by atoms with Crippen LogP contribution in [0.3, 0.4) is 0 Å². The first-order chi connectivity index (χ1) is 9.66. The molecule has 2 aliphatic carbocycles. The summed E-state index contributed by atoms with van der Waals surface area (Å²) < 4.78 is 0. The van der Waals surface area contributed by atoms with Crippen LogP contribution in [0.15, 0.2) is 0 Å². The molecule has 2 saturated heterocycles. The Kier molecular flexibility index (Phi) is 2.66. The lowest BCUT2D eigenvalue weighted by Gasteiger charge is -2.21. The monoisotopic (exact) mass is 276 g/mol. The zero-order valence-electron chi connectivity index (χ0n) is 11.6. The molecule has 4 rings (SSSR count). The summed E-state index contributed by atoms with van der Waals surface area (Å²) >= 11 is 0. The van der Waals surface area contributed by atoms with E-state index in [0.717, 1.165) is 45.2 Å². The zero-order valence-corrected chi connectivity index (χ0v) is 11.6. The van der Waals surface area contributed by atoms with Gasteiger partial charge < -0.3 is 4.90 Å². The number of imide groups is 1. The first-order valence-corrected chi connectivity index (χ1v) is 7.80. The number of hydrogen-bond acceptors (Lipinski definition) is 3. The summed E-state index contributed by atoms with van der Waals surface area (Å²) in [5, 5.41) is 0. The fourth-order valence-electron chi connectivity index (χ4n) is 4.83. The van der Waals surface area contributed by atoms with Gasteiger partial charge in [-0.25, -0.2) is 0 Å². The molecule has 4 aliphatic rings. The Morgan fingerprint density at radius 2 is 1.55 bits per heavy atom. The molecule has 3 amide bonds. The van der Waals surface area contributed by atoms with E-state index in [1.54, 1.807) is 4.90 Å². The maximum atomic E-state index is 12.5. The Morgan fingerprint density at radius 3 is 2.10 bits per heavy atom. The lowest BCUT2D eigenvalue weighted by molar-refractivity contribution is -0.146. The number of likely N-dealkylation sites (tertiary alicyclic amines) is 2. The minimum atomic E-state index is -0.104. The van der Waals surface area contributed by atoms with Crippen molar-refractivity contribution in [3.8, 4) is 0 Å². The second-order valence-electron chi connectivity index (χ2n) is 6.74. The number of rotatable bonds is 2. The highest BCUT2D eigenvalue weighted by atomic mass is 16.2. The third-order valence-electron chi connectivity index (χ3n) is 5.77. The number of carbonyl (C=O) groups is 3. The average Bonchev–Trinajstić information content (AvgIpc) is 3.18. The van der Waals surface area contributed by atoms with Crippen molar-refractivity contribution in [2.24, 2.45) is 23.7 Å². The molecule has 5 heteroatoms. The molecule has 4 fully saturated rings. The molecule has 0 aromatic heterocycles. The molecular formula is C15H20N2O3. The smallest absolute Gasteiger partial charge is 0.242 e. The van der Waals surface area contributed by atoms with E-state index in [0.29, 0.717) is 11.8 Å². The zero-order chi connectivity index (χ0) is 13.9. The van der Waals surface area contributed by atoms with Gasteiger partial charge in [0.1, 0.15) is 6.54 Å². The van der Waals surface area contributed by atoms with Gasteiger partial charge in [0.2, 0.25) is 17.7 Å². The van der Waals surface area contributed by atoms with Crippen molar-refractivity contribution < 1.29 is 14.4 Å². The standard InChI is InChI=1S/C15H20N2O3/c18-11(16-5-1-2-6-16)8-17-14(19)12-9-3-4-10(7-9)13(12)15(17)20/h9-10,12-13H,1-8H2. The highest BCUT2D eigenvalue weighted by molar-refractivity contribution is 6.08. The predicted octanol–water partition coefficient (Wildman–Crippen LogP) is 0.640. The Balaban J connectivity index is 1.50. The van der Waals surface area contributed by atoms with E-state index < -0.39 is 0 Å². The molecule has 2 bridgehead atoms. The summed E-state index contributed by atoms with van der Waals surface area (Å²) in [6, 6.07) is 0. The minimum Gasteiger partial charge on any atom is -0.341 e. The second kappa shape index (κ2) is 4.30. The summed E-state index contributed by atoms with van der Waals surface area (Å²) in [7, 11) is 0. The van der Waals surface area contributed by atoms with Gasteiger partial charge in [-0.3, -0.25) is 19.3 Å². The van der Waals surface area contributed by atoms with Crippen molar-refractivity contribution in [3.05, 3.63) is 0 Å². The summed E-state index contributed by atoms with van der Waals surface area (Å²) in [6.45, 7) is 1.52. The van der Waals surface area contributed by atoms with E-state index in [9.17, 15) is 14.4 Å². The largest absolute Gasteiger partial charge is 0.341 e. The van der Waals surface area contributed by atoms with Crippen LogP contribution in [0.5, 0.6) is 0 Å². The molecule has 2 aliphatic heterocycles. The van der Waals surface area contributed by atoms with Crippen LogP contribution < -0.4 is 0 Å². The summed E-state index contributed by atoms with van der Waals surface area (Å²) in [6.07, 6.45) is 5.27. The molecule has 4 atom stereocenters. The van der Waals surface area contributed by atoms with E-state index in [2.05, 4.69) is 0 Å². The maximum Gasteiger partial charge on any atom is 0.242 e. The van der Waals surface area contributed by atoms with Gasteiger partial charge in [-0.1, -0.05) is 0 Å². The van der Waals surface area contributed by atoms with Crippen molar-refractivity contribution in [1.29, 1.82) is 0 Å². The fraction of sp³-hybridized carbons (Fsp3) is 0.800. The first kappa shape index (κ1) is 12.4. The molecule has 4 unspecified atom stereocenters. The number of nitrogens with zero attached hydrogens (tertiary/aromatic N) is 2. The van der Waals surface area contributed by atoms with E-state index in [-0.39, 0.29) is 36.1 Å². The summed E-state index contributed by atoms with van der Waals surface area (Å²) in [5.74, 6) is 0.387. The van der Waals surface area contributed by atoms with E-state index >= 15 is 0 Å². The third kappa shape index (κ3) is 1.58. The van der Waals surface area contributed by atoms with Crippen LogP contribution in [0.25, 0.3) is 0 Å². The molecule has 5 nitrogen and oxygen atoms in total. The van der Waals surface area contributed by atoms with Gasteiger partial charge in [0, 0.05) is 13.1 Å². The maximum absolute atomic E-state index is 12.5. The average molecular weight is 276 g/mol. The fourth-order valence-corrected chi connectivity index (χ4v) is 4.83. The predicted molar refractivity (Wildman–Crippen MR) is 70.3 cm³/mol. The van der Waals surface area contributed by atoms with Crippen LogP contribution in [0.1, 0.15) is 32.1 Å². The molecule has 0 radical (unpaired) electrons. The molecular weight excluding hydrogens is 256 g/mol. The molecule has 0 aromatic rings. The van der Waals surface area contributed by atoms with Gasteiger partial charge in [0.15, 0.2) is 0 Å². The number of amides is 3. The Morgan fingerprint density at radius 1 is 1.00 bits per heavy atom. The van der Waals surface area contributed by atoms with Crippen molar-refractivity contribution in [2.45, 2.75) is 32.1 Å². The normalized spacial score (nSPS) is 39.0. The van der Waals surface area contributed by atoms with Gasteiger partial charge in [0.05, 0.1) is 11.8 Å². The third-order valence-corrected chi connectivity index (χ3v) is 5.77. The van der Waals surface area contributed by atoms with Crippen molar-refractivity contribution in [2.75, 3.05) is 19.6 Å². The highest BCUT2D eigenvalue weighted by Gasteiger charge is 2.61. The molecule has 2 saturated carbocycles. The van der Waals surface area contributed by atoms with Crippen molar-refractivity contribution in [1.82, 2.24) is 9.80 Å². The lowest BCUT2D eigenvalue weighted by atomic mass is 9.81. The minimum absolute atomic E-state index is 0.0237. The highest BCUT2D eigenvalue weighted by Crippen LogP contribution is 2.56. The Bertz CT molecular complexity index is 456. The number of fused-ring (bicyclic) bond motifs is 5. The molecule has 0 spiro atoms.